The van der Waals surface area contributed by atoms with Gasteiger partial charge in [-0.1, -0.05) is 30.3 Å². The van der Waals surface area contributed by atoms with Crippen molar-refractivity contribution in [2.24, 2.45) is 7.05 Å². The number of rotatable bonds is 4. The van der Waals surface area contributed by atoms with Gasteiger partial charge in [0.25, 0.3) is 5.56 Å². The summed E-state index contributed by atoms with van der Waals surface area (Å²) in [5, 5.41) is 5.74. The van der Waals surface area contributed by atoms with Crippen molar-refractivity contribution in [3.8, 4) is 5.75 Å². The van der Waals surface area contributed by atoms with Crippen LogP contribution in [-0.4, -0.2) is 58.3 Å². The van der Waals surface area contributed by atoms with Crippen molar-refractivity contribution in [2.75, 3.05) is 32.8 Å². The molecule has 7 heteroatoms. The number of carbonyl (C=O) groups excluding carboxylic acids is 1. The van der Waals surface area contributed by atoms with Gasteiger partial charge < -0.3 is 9.64 Å². The van der Waals surface area contributed by atoms with E-state index in [4.69, 9.17) is 4.74 Å². The summed E-state index contributed by atoms with van der Waals surface area (Å²) in [5.41, 5.74) is 3.11. The number of aryl methyl sites for hydroxylation is 1. The number of hydrogen-bond donors (Lipinski definition) is 0. The summed E-state index contributed by atoms with van der Waals surface area (Å²) in [5.74, 6) is 1.07. The van der Waals surface area contributed by atoms with Crippen LogP contribution in [0.15, 0.2) is 47.3 Å². The fraction of sp³-hybridized carbons (Fsp3) is 0.375. The van der Waals surface area contributed by atoms with E-state index in [0.29, 0.717) is 24.2 Å². The van der Waals surface area contributed by atoms with Crippen molar-refractivity contribution < 1.29 is 9.53 Å². The number of amides is 1. The molecular weight excluding hydrogens is 392 g/mol. The zero-order valence-corrected chi connectivity index (χ0v) is 17.7. The first-order valence-corrected chi connectivity index (χ1v) is 10.8. The minimum absolute atomic E-state index is 0.0608. The molecule has 2 aromatic carbocycles. The van der Waals surface area contributed by atoms with Crippen LogP contribution in [0.25, 0.3) is 10.8 Å². The lowest BCUT2D eigenvalue weighted by Crippen LogP contribution is -2.48. The summed E-state index contributed by atoms with van der Waals surface area (Å²) in [6.07, 6.45) is 1.19. The molecular formula is C24H26N4O3. The summed E-state index contributed by atoms with van der Waals surface area (Å²) in [6, 6.07) is 13.8. The van der Waals surface area contributed by atoms with Gasteiger partial charge in [-0.2, -0.15) is 5.10 Å². The second-order valence-corrected chi connectivity index (χ2v) is 8.30. The number of hydrogen-bond acceptors (Lipinski definition) is 5. The highest BCUT2D eigenvalue weighted by Gasteiger charge is 2.23. The van der Waals surface area contributed by atoms with Gasteiger partial charge in [0.15, 0.2) is 0 Å². The van der Waals surface area contributed by atoms with E-state index in [1.54, 1.807) is 13.1 Å². The van der Waals surface area contributed by atoms with Gasteiger partial charge in [0.2, 0.25) is 5.91 Å². The van der Waals surface area contributed by atoms with Crippen LogP contribution in [0.1, 0.15) is 16.8 Å². The third-order valence-corrected chi connectivity index (χ3v) is 6.24. The van der Waals surface area contributed by atoms with Gasteiger partial charge in [-0.15, -0.1) is 0 Å². The molecule has 0 saturated carbocycles. The highest BCUT2D eigenvalue weighted by Crippen LogP contribution is 2.26. The molecule has 0 N–H and O–H groups in total. The van der Waals surface area contributed by atoms with Gasteiger partial charge in [0.1, 0.15) is 5.75 Å². The van der Waals surface area contributed by atoms with Gasteiger partial charge in [-0.3, -0.25) is 14.5 Å². The molecule has 0 spiro atoms. The molecule has 160 valence electrons. The fourth-order valence-electron chi connectivity index (χ4n) is 4.51. The van der Waals surface area contributed by atoms with E-state index >= 15 is 0 Å². The smallest absolute Gasteiger partial charge is 0.274 e. The molecule has 0 unspecified atom stereocenters. The zero-order valence-electron chi connectivity index (χ0n) is 17.7. The Balaban J connectivity index is 1.22. The SMILES string of the molecule is Cn1nc(CC(=O)N2CCN(Cc3ccc4c(c3)CCO4)CC2)c2ccccc2c1=O. The second-order valence-electron chi connectivity index (χ2n) is 8.30. The Labute approximate surface area is 180 Å². The molecule has 0 atom stereocenters. The zero-order chi connectivity index (χ0) is 21.4. The number of nitrogens with zero attached hydrogens (tertiary/aromatic N) is 4. The third kappa shape index (κ3) is 3.93. The molecule has 0 aliphatic carbocycles. The molecule has 0 radical (unpaired) electrons. The second kappa shape index (κ2) is 8.15. The number of carbonyl (C=O) groups is 1. The number of piperazine rings is 1. The van der Waals surface area contributed by atoms with E-state index in [2.05, 4.69) is 28.2 Å². The largest absolute Gasteiger partial charge is 0.493 e. The molecule has 31 heavy (non-hydrogen) atoms. The standard InChI is InChI=1S/C24H26N4O3/c1-26-24(30)20-5-3-2-4-19(20)21(25-26)15-23(29)28-11-9-27(10-12-28)16-17-6-7-22-18(14-17)8-13-31-22/h2-7,14H,8-13,15-16H2,1H3. The molecule has 2 aliphatic heterocycles. The predicted octanol–water partition coefficient (Wildman–Crippen LogP) is 1.76. The summed E-state index contributed by atoms with van der Waals surface area (Å²) in [7, 11) is 1.63. The lowest BCUT2D eigenvalue weighted by atomic mass is 10.1. The van der Waals surface area contributed by atoms with Crippen LogP contribution in [0.4, 0.5) is 0 Å². The third-order valence-electron chi connectivity index (χ3n) is 6.24. The molecule has 1 saturated heterocycles. The Morgan fingerprint density at radius 3 is 2.65 bits per heavy atom. The van der Waals surface area contributed by atoms with E-state index < -0.39 is 0 Å². The van der Waals surface area contributed by atoms with E-state index in [-0.39, 0.29) is 17.9 Å². The molecule has 7 nitrogen and oxygen atoms in total. The average Bonchev–Trinajstić information content (AvgIpc) is 3.26. The Bertz CT molecular complexity index is 1200. The number of aromatic nitrogens is 2. The maximum absolute atomic E-state index is 13.0. The highest BCUT2D eigenvalue weighted by atomic mass is 16.5. The van der Waals surface area contributed by atoms with Crippen LogP contribution in [0.5, 0.6) is 5.75 Å². The first kappa shape index (κ1) is 19.8. The highest BCUT2D eigenvalue weighted by molar-refractivity contribution is 5.88. The van der Waals surface area contributed by atoms with E-state index in [1.807, 2.05) is 23.1 Å². The summed E-state index contributed by atoms with van der Waals surface area (Å²) >= 11 is 0. The molecule has 3 heterocycles. The molecule has 1 amide bonds. The lowest BCUT2D eigenvalue weighted by molar-refractivity contribution is -0.132. The molecule has 2 aliphatic rings. The first-order chi connectivity index (χ1) is 15.1. The maximum atomic E-state index is 13.0. The van der Waals surface area contributed by atoms with Crippen molar-refractivity contribution in [2.45, 2.75) is 19.4 Å². The summed E-state index contributed by atoms with van der Waals surface area (Å²) < 4.78 is 6.92. The van der Waals surface area contributed by atoms with Crippen molar-refractivity contribution in [1.82, 2.24) is 19.6 Å². The topological polar surface area (TPSA) is 67.7 Å². The van der Waals surface area contributed by atoms with Crippen LogP contribution >= 0.6 is 0 Å². The number of ether oxygens (including phenoxy) is 1. The summed E-state index contributed by atoms with van der Waals surface area (Å²) in [4.78, 5) is 29.6. The minimum Gasteiger partial charge on any atom is -0.493 e. The minimum atomic E-state index is -0.140. The van der Waals surface area contributed by atoms with E-state index in [1.165, 1.54) is 15.8 Å². The molecule has 1 fully saturated rings. The average molecular weight is 418 g/mol. The van der Waals surface area contributed by atoms with E-state index in [0.717, 1.165) is 43.8 Å². The predicted molar refractivity (Wildman–Crippen MR) is 118 cm³/mol. The van der Waals surface area contributed by atoms with Gasteiger partial charge in [-0.05, 0) is 23.3 Å². The molecule has 0 bridgehead atoms. The Kier molecular flexibility index (Phi) is 5.19. The van der Waals surface area contributed by atoms with Crippen LogP contribution in [0.3, 0.4) is 0 Å². The quantitative estimate of drug-likeness (QED) is 0.646. The van der Waals surface area contributed by atoms with Crippen LogP contribution in [0, 0.1) is 0 Å². The molecule has 1 aromatic heterocycles. The molecule has 3 aromatic rings. The first-order valence-electron chi connectivity index (χ1n) is 10.8. The van der Waals surface area contributed by atoms with Crippen LogP contribution in [0.2, 0.25) is 0 Å². The monoisotopic (exact) mass is 418 g/mol. The molecule has 5 rings (SSSR count). The van der Waals surface area contributed by atoms with Crippen molar-refractivity contribution in [3.63, 3.8) is 0 Å². The van der Waals surface area contributed by atoms with Gasteiger partial charge in [0.05, 0.1) is 24.1 Å². The van der Waals surface area contributed by atoms with Crippen molar-refractivity contribution in [3.05, 3.63) is 69.6 Å². The maximum Gasteiger partial charge on any atom is 0.274 e. The lowest BCUT2D eigenvalue weighted by Gasteiger charge is -2.35. The van der Waals surface area contributed by atoms with Gasteiger partial charge >= 0.3 is 0 Å². The normalized spacial score (nSPS) is 16.4. The van der Waals surface area contributed by atoms with Gasteiger partial charge in [-0.25, -0.2) is 4.68 Å². The number of benzene rings is 2. The van der Waals surface area contributed by atoms with Crippen molar-refractivity contribution >= 4 is 16.7 Å². The summed E-state index contributed by atoms with van der Waals surface area (Å²) in [6.45, 7) is 4.77. The Hall–Kier alpha value is -3.19. The van der Waals surface area contributed by atoms with Crippen LogP contribution < -0.4 is 10.3 Å². The Morgan fingerprint density at radius 2 is 1.84 bits per heavy atom. The fourth-order valence-corrected chi connectivity index (χ4v) is 4.51. The van der Waals surface area contributed by atoms with Crippen molar-refractivity contribution in [1.29, 1.82) is 0 Å². The number of fused-ring (bicyclic) bond motifs is 2. The van der Waals surface area contributed by atoms with Gasteiger partial charge in [0, 0.05) is 51.6 Å². The Morgan fingerprint density at radius 1 is 1.06 bits per heavy atom. The van der Waals surface area contributed by atoms with E-state index in [9.17, 15) is 9.59 Å². The van der Waals surface area contributed by atoms with Crippen LogP contribution in [-0.2, 0) is 31.2 Å².